The lowest BCUT2D eigenvalue weighted by Crippen LogP contribution is -2.49. The van der Waals surface area contributed by atoms with Crippen molar-refractivity contribution in [1.29, 1.82) is 0 Å². The molecule has 106 valence electrons. The van der Waals surface area contributed by atoms with Gasteiger partial charge in [-0.2, -0.15) is 0 Å². The van der Waals surface area contributed by atoms with E-state index in [1.54, 1.807) is 0 Å². The number of piperidine rings is 1. The quantitative estimate of drug-likeness (QED) is 0.790. The first-order valence-electron chi connectivity index (χ1n) is 7.53. The van der Waals surface area contributed by atoms with Crippen LogP contribution in [0.5, 0.6) is 0 Å². The molecule has 1 aliphatic heterocycles. The van der Waals surface area contributed by atoms with Crippen molar-refractivity contribution in [1.82, 2.24) is 4.90 Å². The molecule has 18 heavy (non-hydrogen) atoms. The molecule has 1 saturated carbocycles. The van der Waals surface area contributed by atoms with E-state index in [-0.39, 0.29) is 6.10 Å². The molecular weight excluding hydrogens is 224 g/mol. The normalized spacial score (nSPS) is 41.8. The van der Waals surface area contributed by atoms with Crippen molar-refractivity contribution in [2.75, 3.05) is 19.6 Å². The molecule has 0 aromatic heterocycles. The van der Waals surface area contributed by atoms with Gasteiger partial charge in [-0.15, -0.1) is 0 Å². The summed E-state index contributed by atoms with van der Waals surface area (Å²) in [6.07, 6.45) is 4.51. The van der Waals surface area contributed by atoms with Gasteiger partial charge < -0.3 is 15.7 Å². The molecule has 4 unspecified atom stereocenters. The van der Waals surface area contributed by atoms with E-state index in [9.17, 15) is 5.11 Å². The Kier molecular flexibility index (Phi) is 4.35. The highest BCUT2D eigenvalue weighted by Gasteiger charge is 2.35. The van der Waals surface area contributed by atoms with Gasteiger partial charge in [-0.25, -0.2) is 0 Å². The topological polar surface area (TPSA) is 49.5 Å². The second kappa shape index (κ2) is 5.48. The average molecular weight is 254 g/mol. The fourth-order valence-electron chi connectivity index (χ4n) is 3.67. The minimum Gasteiger partial charge on any atom is -0.393 e. The van der Waals surface area contributed by atoms with Gasteiger partial charge in [0.2, 0.25) is 0 Å². The summed E-state index contributed by atoms with van der Waals surface area (Å²) in [6.45, 7) is 10.1. The number of nitrogens with zero attached hydrogens (tertiary/aromatic N) is 1. The van der Waals surface area contributed by atoms with Crippen LogP contribution in [0.4, 0.5) is 0 Å². The van der Waals surface area contributed by atoms with Crippen molar-refractivity contribution >= 4 is 0 Å². The smallest absolute Gasteiger partial charge is 0.0590 e. The van der Waals surface area contributed by atoms with E-state index in [2.05, 4.69) is 25.7 Å². The third-order valence-corrected chi connectivity index (χ3v) is 5.01. The van der Waals surface area contributed by atoms with Crippen LogP contribution in [0.25, 0.3) is 0 Å². The fourth-order valence-corrected chi connectivity index (χ4v) is 3.67. The Labute approximate surface area is 112 Å². The van der Waals surface area contributed by atoms with Crippen LogP contribution in [-0.2, 0) is 0 Å². The number of aliphatic hydroxyl groups excluding tert-OH is 1. The molecule has 4 atom stereocenters. The van der Waals surface area contributed by atoms with Gasteiger partial charge in [-0.05, 0) is 42.9 Å². The van der Waals surface area contributed by atoms with Crippen molar-refractivity contribution in [3.63, 3.8) is 0 Å². The monoisotopic (exact) mass is 254 g/mol. The van der Waals surface area contributed by atoms with Crippen molar-refractivity contribution in [2.24, 2.45) is 23.0 Å². The molecule has 0 aromatic carbocycles. The standard InChI is InChI=1S/C15H30N2O/c1-11-9-17(7-5-14(11)18)10-12-8-15(2,3)6-4-13(12)16/h11-14,18H,4-10,16H2,1-3H3. The Morgan fingerprint density at radius 2 is 2.06 bits per heavy atom. The van der Waals surface area contributed by atoms with E-state index in [1.165, 1.54) is 19.3 Å². The van der Waals surface area contributed by atoms with E-state index in [1.807, 2.05) is 0 Å². The highest BCUT2D eigenvalue weighted by molar-refractivity contribution is 4.89. The second-order valence-electron chi connectivity index (χ2n) is 7.42. The largest absolute Gasteiger partial charge is 0.393 e. The van der Waals surface area contributed by atoms with Crippen LogP contribution in [0.1, 0.15) is 46.5 Å². The van der Waals surface area contributed by atoms with Gasteiger partial charge in [0.1, 0.15) is 0 Å². The molecule has 3 nitrogen and oxygen atoms in total. The zero-order valence-electron chi connectivity index (χ0n) is 12.2. The summed E-state index contributed by atoms with van der Waals surface area (Å²) in [4.78, 5) is 2.52. The van der Waals surface area contributed by atoms with Crippen LogP contribution >= 0.6 is 0 Å². The van der Waals surface area contributed by atoms with Crippen LogP contribution < -0.4 is 5.73 Å². The summed E-state index contributed by atoms with van der Waals surface area (Å²) >= 11 is 0. The molecule has 3 heteroatoms. The zero-order chi connectivity index (χ0) is 13.3. The summed E-state index contributed by atoms with van der Waals surface area (Å²) in [5, 5.41) is 9.79. The summed E-state index contributed by atoms with van der Waals surface area (Å²) in [5.41, 5.74) is 6.76. The minimum absolute atomic E-state index is 0.0993. The lowest BCUT2D eigenvalue weighted by Gasteiger charge is -2.43. The van der Waals surface area contributed by atoms with E-state index in [4.69, 9.17) is 5.73 Å². The van der Waals surface area contributed by atoms with Crippen molar-refractivity contribution in [2.45, 2.75) is 58.6 Å². The Morgan fingerprint density at radius 1 is 1.33 bits per heavy atom. The molecule has 3 N–H and O–H groups in total. The SMILES string of the molecule is CC1CN(CC2CC(C)(C)CCC2N)CCC1O. The number of nitrogens with two attached hydrogens (primary N) is 1. The summed E-state index contributed by atoms with van der Waals surface area (Å²) in [7, 11) is 0. The number of hydrogen-bond acceptors (Lipinski definition) is 3. The number of rotatable bonds is 2. The summed E-state index contributed by atoms with van der Waals surface area (Å²) in [5.74, 6) is 1.04. The third kappa shape index (κ3) is 3.46. The molecular formula is C15H30N2O. The maximum atomic E-state index is 9.79. The maximum absolute atomic E-state index is 9.79. The minimum atomic E-state index is -0.0993. The number of aliphatic hydroxyl groups is 1. The first-order valence-corrected chi connectivity index (χ1v) is 7.53. The van der Waals surface area contributed by atoms with Crippen molar-refractivity contribution in [3.05, 3.63) is 0 Å². The second-order valence-corrected chi connectivity index (χ2v) is 7.42. The van der Waals surface area contributed by atoms with Crippen LogP contribution in [-0.4, -0.2) is 41.8 Å². The molecule has 1 saturated heterocycles. The van der Waals surface area contributed by atoms with Gasteiger partial charge in [0.05, 0.1) is 6.10 Å². The zero-order valence-corrected chi connectivity index (χ0v) is 12.2. The van der Waals surface area contributed by atoms with E-state index in [0.717, 1.165) is 26.1 Å². The lowest BCUT2D eigenvalue weighted by atomic mass is 9.70. The molecule has 0 amide bonds. The molecule has 0 bridgehead atoms. The molecule has 2 aliphatic rings. The molecule has 0 radical (unpaired) electrons. The van der Waals surface area contributed by atoms with Gasteiger partial charge in [-0.1, -0.05) is 20.8 Å². The van der Waals surface area contributed by atoms with Crippen molar-refractivity contribution in [3.8, 4) is 0 Å². The van der Waals surface area contributed by atoms with Gasteiger partial charge in [0, 0.05) is 25.7 Å². The Hall–Kier alpha value is -0.120. The first-order chi connectivity index (χ1) is 8.37. The molecule has 0 spiro atoms. The first kappa shape index (κ1) is 14.3. The molecule has 0 aromatic rings. The highest BCUT2D eigenvalue weighted by Crippen LogP contribution is 2.38. The maximum Gasteiger partial charge on any atom is 0.0590 e. The van der Waals surface area contributed by atoms with E-state index in [0.29, 0.717) is 23.3 Å². The van der Waals surface area contributed by atoms with Gasteiger partial charge >= 0.3 is 0 Å². The molecule has 2 rings (SSSR count). The van der Waals surface area contributed by atoms with Gasteiger partial charge in [-0.3, -0.25) is 0 Å². The predicted octanol–water partition coefficient (Wildman–Crippen LogP) is 1.84. The Balaban J connectivity index is 1.88. The van der Waals surface area contributed by atoms with Gasteiger partial charge in [0.15, 0.2) is 0 Å². The third-order valence-electron chi connectivity index (χ3n) is 5.01. The highest BCUT2D eigenvalue weighted by atomic mass is 16.3. The Morgan fingerprint density at radius 3 is 2.72 bits per heavy atom. The Bertz CT molecular complexity index is 280. The van der Waals surface area contributed by atoms with Crippen LogP contribution in [0.2, 0.25) is 0 Å². The average Bonchev–Trinajstić information content (AvgIpc) is 2.28. The molecule has 2 fully saturated rings. The van der Waals surface area contributed by atoms with Crippen LogP contribution in [0, 0.1) is 17.3 Å². The van der Waals surface area contributed by atoms with E-state index < -0.39 is 0 Å². The van der Waals surface area contributed by atoms with Gasteiger partial charge in [0.25, 0.3) is 0 Å². The lowest BCUT2D eigenvalue weighted by molar-refractivity contribution is 0.0188. The summed E-state index contributed by atoms with van der Waals surface area (Å²) < 4.78 is 0. The fraction of sp³-hybridized carbons (Fsp3) is 1.00. The molecule has 1 aliphatic carbocycles. The van der Waals surface area contributed by atoms with Crippen molar-refractivity contribution < 1.29 is 5.11 Å². The number of hydrogen-bond donors (Lipinski definition) is 2. The van der Waals surface area contributed by atoms with Crippen LogP contribution in [0.3, 0.4) is 0 Å². The summed E-state index contributed by atoms with van der Waals surface area (Å²) in [6, 6.07) is 0.375. The molecule has 1 heterocycles. The number of likely N-dealkylation sites (tertiary alicyclic amines) is 1. The van der Waals surface area contributed by atoms with Crippen LogP contribution in [0.15, 0.2) is 0 Å². The van der Waals surface area contributed by atoms with E-state index >= 15 is 0 Å². The predicted molar refractivity (Wildman–Crippen MR) is 75.3 cm³/mol.